The fourth-order valence-electron chi connectivity index (χ4n) is 3.39. The van der Waals surface area contributed by atoms with E-state index in [4.69, 9.17) is 0 Å². The van der Waals surface area contributed by atoms with Crippen molar-refractivity contribution in [3.8, 4) is 0 Å². The second-order valence-corrected chi connectivity index (χ2v) is 11.5. The Labute approximate surface area is 172 Å². The number of halogens is 1. The highest BCUT2D eigenvalue weighted by atomic mass is 79.9. The van der Waals surface area contributed by atoms with Crippen LogP contribution in [-0.2, 0) is 19.6 Å². The average molecular weight is 478 g/mol. The molecule has 3 heterocycles. The minimum atomic E-state index is -3.52. The average Bonchev–Trinajstić information content (AvgIpc) is 3.09. The third-order valence-corrected chi connectivity index (χ3v) is 8.97. The van der Waals surface area contributed by atoms with Crippen LogP contribution in [0.2, 0.25) is 0 Å². The van der Waals surface area contributed by atoms with E-state index in [1.807, 2.05) is 0 Å². The summed E-state index contributed by atoms with van der Waals surface area (Å²) in [5, 5.41) is 0. The topological polar surface area (TPSA) is 78.0 Å². The molecule has 0 spiro atoms. The number of amides is 2. The molecule has 27 heavy (non-hydrogen) atoms. The fraction of sp³-hybridized carbons (Fsp3) is 0.647. The van der Waals surface area contributed by atoms with Crippen molar-refractivity contribution in [3.63, 3.8) is 0 Å². The molecule has 2 fully saturated rings. The molecule has 2 aliphatic heterocycles. The molecule has 150 valence electrons. The van der Waals surface area contributed by atoms with Crippen molar-refractivity contribution < 1.29 is 18.0 Å². The summed E-state index contributed by atoms with van der Waals surface area (Å²) in [6.07, 6.45) is 4.49. The fourth-order valence-corrected chi connectivity index (χ4v) is 6.97. The lowest BCUT2D eigenvalue weighted by Crippen LogP contribution is -2.53. The number of nitrogens with zero attached hydrogens (tertiary/aromatic N) is 3. The highest BCUT2D eigenvalue weighted by molar-refractivity contribution is 9.11. The van der Waals surface area contributed by atoms with E-state index in [1.165, 1.54) is 15.6 Å². The second-order valence-electron chi connectivity index (χ2n) is 6.82. The number of likely N-dealkylation sites (tertiary alicyclic amines) is 1. The molecule has 1 aromatic rings. The molecule has 0 aliphatic carbocycles. The molecular formula is C17H24BrN3O4S2. The number of hydrogen-bond acceptors (Lipinski definition) is 5. The zero-order valence-electron chi connectivity index (χ0n) is 15.1. The van der Waals surface area contributed by atoms with Crippen molar-refractivity contribution in [3.05, 3.63) is 15.9 Å². The number of hydrogen-bond donors (Lipinski definition) is 0. The standard InChI is InChI=1S/C17H24BrN3O4S2/c18-14-6-7-17(26-14)27(24,25)21-11-9-19(10-12-21)16(23)13-20-8-4-2-1-3-5-15(20)22/h6-7H,1-5,8-13H2. The molecule has 2 amide bonds. The molecule has 10 heteroatoms. The summed E-state index contributed by atoms with van der Waals surface area (Å²) < 4.78 is 27.8. The first-order valence-corrected chi connectivity index (χ1v) is 12.2. The maximum absolute atomic E-state index is 12.7. The van der Waals surface area contributed by atoms with Crippen molar-refractivity contribution in [2.75, 3.05) is 39.3 Å². The molecule has 2 saturated heterocycles. The summed E-state index contributed by atoms with van der Waals surface area (Å²) in [4.78, 5) is 28.1. The number of sulfonamides is 1. The van der Waals surface area contributed by atoms with Crippen LogP contribution >= 0.6 is 27.3 Å². The molecule has 0 aromatic carbocycles. The van der Waals surface area contributed by atoms with Crippen LogP contribution in [0.15, 0.2) is 20.1 Å². The summed E-state index contributed by atoms with van der Waals surface area (Å²) >= 11 is 4.48. The van der Waals surface area contributed by atoms with Gasteiger partial charge in [-0.2, -0.15) is 4.31 Å². The minimum absolute atomic E-state index is 0.0486. The zero-order chi connectivity index (χ0) is 19.4. The van der Waals surface area contributed by atoms with Crippen LogP contribution in [0.4, 0.5) is 0 Å². The van der Waals surface area contributed by atoms with E-state index in [0.29, 0.717) is 30.3 Å². The third kappa shape index (κ3) is 5.10. The van der Waals surface area contributed by atoms with Crippen molar-refractivity contribution in [1.29, 1.82) is 0 Å². The Morgan fingerprint density at radius 3 is 2.41 bits per heavy atom. The van der Waals surface area contributed by atoms with Crippen LogP contribution in [0.5, 0.6) is 0 Å². The first kappa shape index (κ1) is 20.8. The van der Waals surface area contributed by atoms with Gasteiger partial charge in [-0.15, -0.1) is 11.3 Å². The van der Waals surface area contributed by atoms with Gasteiger partial charge in [-0.3, -0.25) is 9.59 Å². The van der Waals surface area contributed by atoms with Crippen LogP contribution in [0.3, 0.4) is 0 Å². The number of thiophene rings is 1. The molecule has 0 bridgehead atoms. The van der Waals surface area contributed by atoms with Gasteiger partial charge < -0.3 is 9.80 Å². The van der Waals surface area contributed by atoms with Gasteiger partial charge in [-0.25, -0.2) is 8.42 Å². The predicted octanol–water partition coefficient (Wildman–Crippen LogP) is 2.14. The van der Waals surface area contributed by atoms with Gasteiger partial charge in [0.15, 0.2) is 0 Å². The molecule has 0 atom stereocenters. The Bertz CT molecular complexity index is 788. The van der Waals surface area contributed by atoms with E-state index in [9.17, 15) is 18.0 Å². The molecule has 0 unspecified atom stereocenters. The van der Waals surface area contributed by atoms with Crippen LogP contribution in [0.1, 0.15) is 32.1 Å². The maximum Gasteiger partial charge on any atom is 0.252 e. The van der Waals surface area contributed by atoms with E-state index in [-0.39, 0.29) is 31.4 Å². The minimum Gasteiger partial charge on any atom is -0.339 e. The molecule has 1 aromatic heterocycles. The summed E-state index contributed by atoms with van der Waals surface area (Å²) in [6, 6.07) is 3.31. The van der Waals surface area contributed by atoms with E-state index < -0.39 is 10.0 Å². The van der Waals surface area contributed by atoms with E-state index in [1.54, 1.807) is 21.9 Å². The van der Waals surface area contributed by atoms with Crippen molar-refractivity contribution in [2.45, 2.75) is 36.3 Å². The van der Waals surface area contributed by atoms with Crippen LogP contribution in [0, 0.1) is 0 Å². The quantitative estimate of drug-likeness (QED) is 0.665. The summed E-state index contributed by atoms with van der Waals surface area (Å²) in [6.45, 7) is 1.99. The highest BCUT2D eigenvalue weighted by Gasteiger charge is 2.31. The molecule has 3 rings (SSSR count). The first-order valence-electron chi connectivity index (χ1n) is 9.19. The Morgan fingerprint density at radius 2 is 1.74 bits per heavy atom. The summed E-state index contributed by atoms with van der Waals surface area (Å²) in [7, 11) is -3.52. The van der Waals surface area contributed by atoms with Crippen molar-refractivity contribution >= 4 is 49.1 Å². The van der Waals surface area contributed by atoms with Gasteiger partial charge in [0.1, 0.15) is 4.21 Å². The molecule has 0 N–H and O–H groups in total. The lowest BCUT2D eigenvalue weighted by Gasteiger charge is -2.35. The monoisotopic (exact) mass is 477 g/mol. The largest absolute Gasteiger partial charge is 0.339 e. The Kier molecular flexibility index (Phi) is 6.93. The second kappa shape index (κ2) is 9.02. The van der Waals surface area contributed by atoms with Crippen molar-refractivity contribution in [2.24, 2.45) is 0 Å². The highest BCUT2D eigenvalue weighted by Crippen LogP contribution is 2.29. The maximum atomic E-state index is 12.7. The molecule has 0 radical (unpaired) electrons. The lowest BCUT2D eigenvalue weighted by atomic mass is 10.1. The summed E-state index contributed by atoms with van der Waals surface area (Å²) in [5.41, 5.74) is 0. The van der Waals surface area contributed by atoms with Crippen LogP contribution in [0.25, 0.3) is 0 Å². The van der Waals surface area contributed by atoms with E-state index >= 15 is 0 Å². The van der Waals surface area contributed by atoms with Gasteiger partial charge >= 0.3 is 0 Å². The smallest absolute Gasteiger partial charge is 0.252 e. The van der Waals surface area contributed by atoms with Gasteiger partial charge in [0, 0.05) is 39.1 Å². The summed E-state index contributed by atoms with van der Waals surface area (Å²) in [5.74, 6) is -0.0487. The number of carbonyl (C=O) groups is 2. The molecule has 7 nitrogen and oxygen atoms in total. The van der Waals surface area contributed by atoms with E-state index in [0.717, 1.165) is 29.5 Å². The third-order valence-electron chi connectivity index (χ3n) is 4.98. The molecule has 0 saturated carbocycles. The van der Waals surface area contributed by atoms with Gasteiger partial charge in [0.05, 0.1) is 10.3 Å². The SMILES string of the molecule is O=C(CN1CCCCCCC1=O)N1CCN(S(=O)(=O)c2ccc(Br)s2)CC1. The Morgan fingerprint density at radius 1 is 1.04 bits per heavy atom. The first-order chi connectivity index (χ1) is 12.9. The molecular weight excluding hydrogens is 454 g/mol. The van der Waals surface area contributed by atoms with E-state index in [2.05, 4.69) is 15.9 Å². The van der Waals surface area contributed by atoms with Crippen LogP contribution < -0.4 is 0 Å². The zero-order valence-corrected chi connectivity index (χ0v) is 18.3. The normalized spacial score (nSPS) is 20.4. The van der Waals surface area contributed by atoms with Gasteiger partial charge in [0.25, 0.3) is 10.0 Å². The predicted molar refractivity (Wildman–Crippen MR) is 107 cm³/mol. The number of carbonyl (C=O) groups excluding carboxylic acids is 2. The number of piperazine rings is 1. The molecule has 2 aliphatic rings. The van der Waals surface area contributed by atoms with Crippen molar-refractivity contribution in [1.82, 2.24) is 14.1 Å². The van der Waals surface area contributed by atoms with Gasteiger partial charge in [-0.1, -0.05) is 12.8 Å². The van der Waals surface area contributed by atoms with Gasteiger partial charge in [0.2, 0.25) is 11.8 Å². The van der Waals surface area contributed by atoms with Gasteiger partial charge in [-0.05, 0) is 40.9 Å². The van der Waals surface area contributed by atoms with Crippen LogP contribution in [-0.4, -0.2) is 73.6 Å². The Balaban J connectivity index is 1.55. The lowest BCUT2D eigenvalue weighted by molar-refractivity contribution is -0.141. The number of rotatable bonds is 4. The Hall–Kier alpha value is -0.970.